The van der Waals surface area contributed by atoms with E-state index in [0.29, 0.717) is 12.1 Å². The zero-order valence-electron chi connectivity index (χ0n) is 13.0. The number of benzene rings is 2. The molecule has 0 saturated heterocycles. The first-order valence-electron chi connectivity index (χ1n) is 7.32. The Hall–Kier alpha value is -2.17. The van der Waals surface area contributed by atoms with E-state index in [4.69, 9.17) is 0 Å². The maximum Gasteiger partial charge on any atom is 0.251 e. The Balaban J connectivity index is 1.91. The third-order valence-corrected chi connectivity index (χ3v) is 3.56. The number of carbonyl (C=O) groups is 1. The zero-order chi connectivity index (χ0) is 15.9. The van der Waals surface area contributed by atoms with E-state index in [-0.39, 0.29) is 5.91 Å². The van der Waals surface area contributed by atoms with Gasteiger partial charge in [0, 0.05) is 25.7 Å². The Morgan fingerprint density at radius 1 is 1.14 bits per heavy atom. The van der Waals surface area contributed by atoms with Gasteiger partial charge in [-0.2, -0.15) is 0 Å². The second kappa shape index (κ2) is 7.73. The summed E-state index contributed by atoms with van der Waals surface area (Å²) < 4.78 is 0. The molecule has 2 aromatic rings. The second-order valence-electron chi connectivity index (χ2n) is 5.40. The molecule has 0 aromatic heterocycles. The Kier molecular flexibility index (Phi) is 5.69. The van der Waals surface area contributed by atoms with Gasteiger partial charge in [-0.05, 0) is 30.3 Å². The molecule has 116 valence electrons. The summed E-state index contributed by atoms with van der Waals surface area (Å²) >= 11 is 0. The van der Waals surface area contributed by atoms with Crippen molar-refractivity contribution >= 4 is 5.91 Å². The van der Waals surface area contributed by atoms with Gasteiger partial charge in [0.2, 0.25) is 0 Å². The number of rotatable bonds is 6. The molecule has 0 fully saturated rings. The van der Waals surface area contributed by atoms with Crippen molar-refractivity contribution in [3.63, 3.8) is 0 Å². The number of hydrogen-bond acceptors (Lipinski definition) is 3. The van der Waals surface area contributed by atoms with Crippen LogP contribution in [0, 0.1) is 0 Å². The number of amides is 1. The van der Waals surface area contributed by atoms with Gasteiger partial charge in [-0.3, -0.25) is 9.69 Å². The molecule has 2 aromatic carbocycles. The fourth-order valence-corrected chi connectivity index (χ4v) is 2.36. The van der Waals surface area contributed by atoms with Crippen LogP contribution in [-0.4, -0.2) is 36.6 Å². The van der Waals surface area contributed by atoms with Gasteiger partial charge in [-0.15, -0.1) is 0 Å². The molecule has 0 radical (unpaired) electrons. The van der Waals surface area contributed by atoms with Crippen LogP contribution in [0.2, 0.25) is 0 Å². The van der Waals surface area contributed by atoms with Crippen LogP contribution in [0.5, 0.6) is 0 Å². The normalized spacial score (nSPS) is 12.2. The lowest BCUT2D eigenvalue weighted by Gasteiger charge is -2.21. The molecular weight excluding hydrogens is 276 g/mol. The Labute approximate surface area is 131 Å². The van der Waals surface area contributed by atoms with Gasteiger partial charge >= 0.3 is 0 Å². The maximum absolute atomic E-state index is 11.5. The van der Waals surface area contributed by atoms with Crippen LogP contribution >= 0.6 is 0 Å². The van der Waals surface area contributed by atoms with E-state index in [2.05, 4.69) is 10.2 Å². The van der Waals surface area contributed by atoms with Gasteiger partial charge in [0.25, 0.3) is 5.91 Å². The van der Waals surface area contributed by atoms with Crippen LogP contribution in [0.15, 0.2) is 54.6 Å². The molecule has 0 bridgehead atoms. The van der Waals surface area contributed by atoms with Crippen molar-refractivity contribution in [2.75, 3.05) is 20.6 Å². The van der Waals surface area contributed by atoms with Crippen molar-refractivity contribution in [1.82, 2.24) is 10.2 Å². The van der Waals surface area contributed by atoms with E-state index in [1.54, 1.807) is 7.05 Å². The summed E-state index contributed by atoms with van der Waals surface area (Å²) in [6, 6.07) is 17.2. The third-order valence-electron chi connectivity index (χ3n) is 3.56. The molecule has 1 amide bonds. The minimum Gasteiger partial charge on any atom is -0.387 e. The first-order valence-corrected chi connectivity index (χ1v) is 7.32. The van der Waals surface area contributed by atoms with Crippen LogP contribution in [0.25, 0.3) is 0 Å². The Bertz CT molecular complexity index is 596. The molecule has 0 aliphatic rings. The topological polar surface area (TPSA) is 52.6 Å². The largest absolute Gasteiger partial charge is 0.387 e. The quantitative estimate of drug-likeness (QED) is 0.860. The highest BCUT2D eigenvalue weighted by Gasteiger charge is 2.11. The summed E-state index contributed by atoms with van der Waals surface area (Å²) in [6.07, 6.45) is -0.503. The van der Waals surface area contributed by atoms with E-state index < -0.39 is 6.10 Å². The molecule has 4 heteroatoms. The zero-order valence-corrected chi connectivity index (χ0v) is 13.0. The molecule has 0 aliphatic carbocycles. The fraction of sp³-hybridized carbons (Fsp3) is 0.278. The third kappa shape index (κ3) is 4.41. The van der Waals surface area contributed by atoms with Gasteiger partial charge in [0.05, 0.1) is 6.10 Å². The predicted molar refractivity (Wildman–Crippen MR) is 87.6 cm³/mol. The Morgan fingerprint density at radius 2 is 1.77 bits per heavy atom. The van der Waals surface area contributed by atoms with Crippen molar-refractivity contribution in [3.05, 3.63) is 71.3 Å². The smallest absolute Gasteiger partial charge is 0.251 e. The first-order chi connectivity index (χ1) is 10.6. The second-order valence-corrected chi connectivity index (χ2v) is 5.40. The minimum absolute atomic E-state index is 0.0839. The van der Waals surface area contributed by atoms with Crippen LogP contribution in [-0.2, 0) is 6.54 Å². The molecule has 0 aliphatic heterocycles. The molecule has 1 atom stereocenters. The number of nitrogens with zero attached hydrogens (tertiary/aromatic N) is 1. The van der Waals surface area contributed by atoms with E-state index in [9.17, 15) is 9.90 Å². The SMILES string of the molecule is CNC(=O)c1ccc(CN(C)CC(O)c2ccccc2)cc1. The fourth-order valence-electron chi connectivity index (χ4n) is 2.36. The first kappa shape index (κ1) is 16.2. The van der Waals surface area contributed by atoms with Crippen molar-refractivity contribution in [2.45, 2.75) is 12.6 Å². The van der Waals surface area contributed by atoms with E-state index in [0.717, 1.165) is 17.7 Å². The molecule has 0 spiro atoms. The number of carbonyl (C=O) groups excluding carboxylic acids is 1. The monoisotopic (exact) mass is 298 g/mol. The molecule has 0 saturated carbocycles. The molecule has 22 heavy (non-hydrogen) atoms. The van der Waals surface area contributed by atoms with Gasteiger partial charge in [-0.1, -0.05) is 42.5 Å². The van der Waals surface area contributed by atoms with Gasteiger partial charge < -0.3 is 10.4 Å². The lowest BCUT2D eigenvalue weighted by Crippen LogP contribution is -2.24. The molecule has 0 heterocycles. The summed E-state index contributed by atoms with van der Waals surface area (Å²) in [5, 5.41) is 12.8. The summed E-state index contributed by atoms with van der Waals surface area (Å²) in [5.41, 5.74) is 2.68. The summed E-state index contributed by atoms with van der Waals surface area (Å²) in [6.45, 7) is 1.28. The van der Waals surface area contributed by atoms with Crippen LogP contribution < -0.4 is 5.32 Å². The average molecular weight is 298 g/mol. The summed E-state index contributed by atoms with van der Waals surface area (Å²) in [7, 11) is 3.59. The van der Waals surface area contributed by atoms with E-state index >= 15 is 0 Å². The molecule has 1 unspecified atom stereocenters. The molecule has 4 nitrogen and oxygen atoms in total. The lowest BCUT2D eigenvalue weighted by molar-refractivity contribution is 0.0963. The van der Waals surface area contributed by atoms with E-state index in [1.165, 1.54) is 0 Å². The van der Waals surface area contributed by atoms with Crippen LogP contribution in [0.1, 0.15) is 27.6 Å². The predicted octanol–water partition coefficient (Wildman–Crippen LogP) is 2.21. The maximum atomic E-state index is 11.5. The summed E-state index contributed by atoms with van der Waals surface area (Å²) in [4.78, 5) is 13.6. The number of hydrogen-bond donors (Lipinski definition) is 2. The van der Waals surface area contributed by atoms with Crippen LogP contribution in [0.4, 0.5) is 0 Å². The van der Waals surface area contributed by atoms with Gasteiger partial charge in [-0.25, -0.2) is 0 Å². The van der Waals surface area contributed by atoms with Crippen molar-refractivity contribution < 1.29 is 9.90 Å². The standard InChI is InChI=1S/C18H22N2O2/c1-19-18(22)16-10-8-14(9-11-16)12-20(2)13-17(21)15-6-4-3-5-7-15/h3-11,17,21H,12-13H2,1-2H3,(H,19,22). The van der Waals surface area contributed by atoms with Gasteiger partial charge in [0.15, 0.2) is 0 Å². The van der Waals surface area contributed by atoms with Crippen LogP contribution in [0.3, 0.4) is 0 Å². The number of nitrogens with one attached hydrogen (secondary N) is 1. The summed E-state index contributed by atoms with van der Waals surface area (Å²) in [5.74, 6) is -0.0839. The highest BCUT2D eigenvalue weighted by atomic mass is 16.3. The lowest BCUT2D eigenvalue weighted by atomic mass is 10.1. The number of aliphatic hydroxyl groups is 1. The number of aliphatic hydroxyl groups excluding tert-OH is 1. The minimum atomic E-state index is -0.503. The molecule has 2 rings (SSSR count). The van der Waals surface area contributed by atoms with E-state index in [1.807, 2.05) is 61.6 Å². The highest BCUT2D eigenvalue weighted by molar-refractivity contribution is 5.93. The van der Waals surface area contributed by atoms with Crippen molar-refractivity contribution in [1.29, 1.82) is 0 Å². The Morgan fingerprint density at radius 3 is 2.36 bits per heavy atom. The van der Waals surface area contributed by atoms with Crippen molar-refractivity contribution in [2.24, 2.45) is 0 Å². The van der Waals surface area contributed by atoms with Gasteiger partial charge in [0.1, 0.15) is 0 Å². The van der Waals surface area contributed by atoms with Crippen molar-refractivity contribution in [3.8, 4) is 0 Å². The average Bonchev–Trinajstić information content (AvgIpc) is 2.55. The molecule has 2 N–H and O–H groups in total. The highest BCUT2D eigenvalue weighted by Crippen LogP contribution is 2.14. The molecular formula is C18H22N2O2. The number of likely N-dealkylation sites (N-methyl/N-ethyl adjacent to an activating group) is 1.